The first-order valence-electron chi connectivity index (χ1n) is 8.10. The van der Waals surface area contributed by atoms with Gasteiger partial charge in [-0.05, 0) is 23.8 Å². The number of halogens is 1. The summed E-state index contributed by atoms with van der Waals surface area (Å²) in [4.78, 5) is 14.4. The Balaban J connectivity index is 0.00000208. The molecule has 1 aliphatic heterocycles. The lowest BCUT2D eigenvalue weighted by atomic mass is 10.1. The second kappa shape index (κ2) is 9.42. The third-order valence-corrected chi connectivity index (χ3v) is 4.03. The number of benzene rings is 1. The van der Waals surface area contributed by atoms with Crippen LogP contribution < -0.4 is 10.6 Å². The van der Waals surface area contributed by atoms with Gasteiger partial charge in [-0.25, -0.2) is 4.68 Å². The Hall–Kier alpha value is -1.89. The van der Waals surface area contributed by atoms with Crippen LogP contribution in [0.2, 0.25) is 0 Å². The van der Waals surface area contributed by atoms with Crippen molar-refractivity contribution in [2.24, 2.45) is 0 Å². The molecule has 1 amide bonds. The van der Waals surface area contributed by atoms with E-state index < -0.39 is 0 Å². The van der Waals surface area contributed by atoms with Crippen molar-refractivity contribution < 1.29 is 4.79 Å². The molecule has 6 nitrogen and oxygen atoms in total. The van der Waals surface area contributed by atoms with Crippen molar-refractivity contribution in [2.75, 3.05) is 39.3 Å². The van der Waals surface area contributed by atoms with E-state index in [-0.39, 0.29) is 18.3 Å². The van der Waals surface area contributed by atoms with Gasteiger partial charge in [0.05, 0.1) is 12.1 Å². The first-order chi connectivity index (χ1) is 11.3. The van der Waals surface area contributed by atoms with Crippen molar-refractivity contribution >= 4 is 18.3 Å². The highest BCUT2D eigenvalue weighted by molar-refractivity contribution is 5.85. The standard InChI is InChI=1S/C17H23N5O.ClH/c23-17(19-9-13-21-11-7-18-8-12-21)14-15-2-4-16(5-3-15)22-10-1-6-20-22;/h1-6,10,18H,7-9,11-14H2,(H,19,23);1H. The minimum atomic E-state index is 0. The largest absolute Gasteiger partial charge is 0.355 e. The molecule has 0 aliphatic carbocycles. The summed E-state index contributed by atoms with van der Waals surface area (Å²) in [7, 11) is 0. The summed E-state index contributed by atoms with van der Waals surface area (Å²) in [6.07, 6.45) is 4.07. The second-order valence-corrected chi connectivity index (χ2v) is 5.74. The Bertz CT molecular complexity index is 608. The van der Waals surface area contributed by atoms with Crippen LogP contribution in [0.4, 0.5) is 0 Å². The maximum absolute atomic E-state index is 12.0. The molecule has 7 heteroatoms. The van der Waals surface area contributed by atoms with Crippen LogP contribution in [-0.2, 0) is 11.2 Å². The molecule has 2 N–H and O–H groups in total. The fourth-order valence-electron chi connectivity index (χ4n) is 2.72. The molecule has 1 aromatic heterocycles. The minimum Gasteiger partial charge on any atom is -0.355 e. The summed E-state index contributed by atoms with van der Waals surface area (Å²) in [5, 5.41) is 10.5. The van der Waals surface area contributed by atoms with E-state index in [4.69, 9.17) is 0 Å². The van der Waals surface area contributed by atoms with Crippen molar-refractivity contribution in [3.8, 4) is 5.69 Å². The van der Waals surface area contributed by atoms with E-state index in [9.17, 15) is 4.79 Å². The average Bonchev–Trinajstić information content (AvgIpc) is 3.11. The number of nitrogens with one attached hydrogen (secondary N) is 2. The number of nitrogens with zero attached hydrogens (tertiary/aromatic N) is 3. The summed E-state index contributed by atoms with van der Waals surface area (Å²) in [6.45, 7) is 5.83. The molecule has 130 valence electrons. The molecule has 2 heterocycles. The van der Waals surface area contributed by atoms with E-state index in [2.05, 4.69) is 20.6 Å². The van der Waals surface area contributed by atoms with Crippen molar-refractivity contribution in [1.82, 2.24) is 25.3 Å². The van der Waals surface area contributed by atoms with Gasteiger partial charge in [0.15, 0.2) is 0 Å². The monoisotopic (exact) mass is 349 g/mol. The zero-order chi connectivity index (χ0) is 15.9. The van der Waals surface area contributed by atoms with E-state index in [0.29, 0.717) is 13.0 Å². The van der Waals surface area contributed by atoms with Gasteiger partial charge in [0.2, 0.25) is 5.91 Å². The number of hydrogen-bond acceptors (Lipinski definition) is 4. The van der Waals surface area contributed by atoms with Crippen LogP contribution in [0.25, 0.3) is 5.69 Å². The summed E-state index contributed by atoms with van der Waals surface area (Å²) in [5.41, 5.74) is 2.01. The fraction of sp³-hybridized carbons (Fsp3) is 0.412. The molecule has 0 atom stereocenters. The normalized spacial score (nSPS) is 14.8. The third kappa shape index (κ3) is 5.33. The molecule has 0 spiro atoms. The predicted molar refractivity (Wildman–Crippen MR) is 96.8 cm³/mol. The second-order valence-electron chi connectivity index (χ2n) is 5.74. The Morgan fingerprint density at radius 1 is 1.21 bits per heavy atom. The number of amides is 1. The zero-order valence-corrected chi connectivity index (χ0v) is 14.5. The van der Waals surface area contributed by atoms with Gasteiger partial charge in [0.1, 0.15) is 0 Å². The number of rotatable bonds is 6. The summed E-state index contributed by atoms with van der Waals surface area (Å²) < 4.78 is 1.80. The van der Waals surface area contributed by atoms with Crippen LogP contribution in [0.15, 0.2) is 42.7 Å². The lowest BCUT2D eigenvalue weighted by Gasteiger charge is -2.27. The van der Waals surface area contributed by atoms with Crippen molar-refractivity contribution in [1.29, 1.82) is 0 Å². The molecule has 0 bridgehead atoms. The number of aromatic nitrogens is 2. The average molecular weight is 350 g/mol. The summed E-state index contributed by atoms with van der Waals surface area (Å²) in [6, 6.07) is 9.81. The smallest absolute Gasteiger partial charge is 0.224 e. The molecule has 0 unspecified atom stereocenters. The highest BCUT2D eigenvalue weighted by atomic mass is 35.5. The Kier molecular flexibility index (Phi) is 7.24. The van der Waals surface area contributed by atoms with E-state index in [1.54, 1.807) is 10.9 Å². The van der Waals surface area contributed by atoms with E-state index in [0.717, 1.165) is 44.0 Å². The van der Waals surface area contributed by atoms with Gasteiger partial charge in [-0.1, -0.05) is 12.1 Å². The Morgan fingerprint density at radius 3 is 2.62 bits per heavy atom. The van der Waals surface area contributed by atoms with Gasteiger partial charge in [0, 0.05) is 51.7 Å². The third-order valence-electron chi connectivity index (χ3n) is 4.03. The van der Waals surface area contributed by atoms with Gasteiger partial charge in [-0.3, -0.25) is 9.69 Å². The first kappa shape index (κ1) is 18.4. The lowest BCUT2D eigenvalue weighted by molar-refractivity contribution is -0.120. The van der Waals surface area contributed by atoms with Crippen molar-refractivity contribution in [2.45, 2.75) is 6.42 Å². The maximum Gasteiger partial charge on any atom is 0.224 e. The zero-order valence-electron chi connectivity index (χ0n) is 13.6. The highest BCUT2D eigenvalue weighted by Crippen LogP contribution is 2.09. The Labute approximate surface area is 148 Å². The van der Waals surface area contributed by atoms with Crippen molar-refractivity contribution in [3.63, 3.8) is 0 Å². The molecule has 0 radical (unpaired) electrons. The Morgan fingerprint density at radius 2 is 1.96 bits per heavy atom. The van der Waals surface area contributed by atoms with Crippen LogP contribution in [0.3, 0.4) is 0 Å². The highest BCUT2D eigenvalue weighted by Gasteiger charge is 2.09. The molecular weight excluding hydrogens is 326 g/mol. The van der Waals surface area contributed by atoms with E-state index >= 15 is 0 Å². The van der Waals surface area contributed by atoms with Crippen LogP contribution in [0.5, 0.6) is 0 Å². The SMILES string of the molecule is Cl.O=C(Cc1ccc(-n2cccn2)cc1)NCCN1CCNCC1. The predicted octanol–water partition coefficient (Wildman–Crippen LogP) is 0.858. The maximum atomic E-state index is 12.0. The van der Waals surface area contributed by atoms with Gasteiger partial charge in [-0.15, -0.1) is 12.4 Å². The van der Waals surface area contributed by atoms with Gasteiger partial charge in [0.25, 0.3) is 0 Å². The molecule has 1 aromatic carbocycles. The number of carbonyl (C=O) groups excluding carboxylic acids is 1. The van der Waals surface area contributed by atoms with Crippen molar-refractivity contribution in [3.05, 3.63) is 48.3 Å². The first-order valence-corrected chi connectivity index (χ1v) is 8.10. The topological polar surface area (TPSA) is 62.2 Å². The molecular formula is C17H24ClN5O. The summed E-state index contributed by atoms with van der Waals surface area (Å²) in [5.74, 6) is 0.0759. The molecule has 1 aliphatic rings. The summed E-state index contributed by atoms with van der Waals surface area (Å²) >= 11 is 0. The van der Waals surface area contributed by atoms with Gasteiger partial charge >= 0.3 is 0 Å². The minimum absolute atomic E-state index is 0. The van der Waals surface area contributed by atoms with Crippen LogP contribution in [0.1, 0.15) is 5.56 Å². The lowest BCUT2D eigenvalue weighted by Crippen LogP contribution is -2.46. The quantitative estimate of drug-likeness (QED) is 0.812. The molecule has 2 aromatic rings. The number of carbonyl (C=O) groups is 1. The molecule has 0 saturated carbocycles. The van der Waals surface area contributed by atoms with E-state index in [1.807, 2.05) is 36.5 Å². The molecule has 3 rings (SSSR count). The fourth-order valence-corrected chi connectivity index (χ4v) is 2.72. The molecule has 1 fully saturated rings. The number of piperazine rings is 1. The van der Waals surface area contributed by atoms with Crippen LogP contribution in [0, 0.1) is 0 Å². The van der Waals surface area contributed by atoms with E-state index in [1.165, 1.54) is 0 Å². The number of hydrogen-bond donors (Lipinski definition) is 2. The molecule has 1 saturated heterocycles. The van der Waals surface area contributed by atoms with Crippen LogP contribution in [-0.4, -0.2) is 59.9 Å². The molecule has 24 heavy (non-hydrogen) atoms. The van der Waals surface area contributed by atoms with Gasteiger partial charge in [-0.2, -0.15) is 5.10 Å². The van der Waals surface area contributed by atoms with Gasteiger partial charge < -0.3 is 10.6 Å². The van der Waals surface area contributed by atoms with Crippen LogP contribution >= 0.6 is 12.4 Å².